The van der Waals surface area contributed by atoms with Crippen molar-refractivity contribution in [1.82, 2.24) is 0 Å². The fourth-order valence-corrected chi connectivity index (χ4v) is 1.33. The molecule has 0 amide bonds. The van der Waals surface area contributed by atoms with Crippen LogP contribution < -0.4 is 4.74 Å². The van der Waals surface area contributed by atoms with Gasteiger partial charge in [0, 0.05) is 11.6 Å². The van der Waals surface area contributed by atoms with E-state index in [0.29, 0.717) is 17.9 Å². The summed E-state index contributed by atoms with van der Waals surface area (Å²) in [6, 6.07) is 6.17. The molecule has 0 bridgehead atoms. The van der Waals surface area contributed by atoms with Crippen LogP contribution in [0, 0.1) is 11.3 Å². The van der Waals surface area contributed by atoms with Gasteiger partial charge in [-0.3, -0.25) is 0 Å². The van der Waals surface area contributed by atoms with Crippen LogP contribution in [0.4, 0.5) is 0 Å². The summed E-state index contributed by atoms with van der Waals surface area (Å²) in [6.07, 6.45) is 1.36. The van der Waals surface area contributed by atoms with Gasteiger partial charge in [0.2, 0.25) is 0 Å². The van der Waals surface area contributed by atoms with Crippen LogP contribution >= 0.6 is 0 Å². The molecule has 5 heteroatoms. The third-order valence-corrected chi connectivity index (χ3v) is 2.12. The first-order chi connectivity index (χ1) is 8.62. The summed E-state index contributed by atoms with van der Waals surface area (Å²) in [4.78, 5) is 11.3. The fourth-order valence-electron chi connectivity index (χ4n) is 1.33. The molecule has 0 aliphatic heterocycles. The number of benzene rings is 1. The molecule has 0 saturated heterocycles. The first kappa shape index (κ1) is 13.6. The van der Waals surface area contributed by atoms with Gasteiger partial charge in [-0.1, -0.05) is 0 Å². The number of rotatable bonds is 4. The Morgan fingerprint density at radius 2 is 2.28 bits per heavy atom. The number of nitriles is 1. The van der Waals surface area contributed by atoms with Crippen molar-refractivity contribution < 1.29 is 19.4 Å². The van der Waals surface area contributed by atoms with Crippen LogP contribution in [-0.4, -0.2) is 24.8 Å². The van der Waals surface area contributed by atoms with Crippen LogP contribution in [0.5, 0.6) is 11.5 Å². The number of hydrogen-bond donors (Lipinski definition) is 1. The number of hydrogen-bond acceptors (Lipinski definition) is 5. The maximum Gasteiger partial charge on any atom is 0.348 e. The van der Waals surface area contributed by atoms with E-state index in [0.717, 1.165) is 0 Å². The van der Waals surface area contributed by atoms with E-state index in [9.17, 15) is 9.90 Å². The first-order valence-corrected chi connectivity index (χ1v) is 5.28. The summed E-state index contributed by atoms with van der Waals surface area (Å²) in [5, 5.41) is 18.2. The van der Waals surface area contributed by atoms with Crippen molar-refractivity contribution in [3.05, 3.63) is 29.3 Å². The predicted molar refractivity (Wildman–Crippen MR) is 64.9 cm³/mol. The summed E-state index contributed by atoms with van der Waals surface area (Å²) in [7, 11) is 1.20. The minimum absolute atomic E-state index is 0.0483. The molecule has 0 fully saturated rings. The van der Waals surface area contributed by atoms with Crippen LogP contribution in [0.2, 0.25) is 0 Å². The number of carbonyl (C=O) groups is 1. The van der Waals surface area contributed by atoms with Gasteiger partial charge in [-0.25, -0.2) is 4.79 Å². The second kappa shape index (κ2) is 6.30. The molecule has 1 rings (SSSR count). The van der Waals surface area contributed by atoms with Gasteiger partial charge < -0.3 is 14.6 Å². The molecule has 1 aromatic carbocycles. The zero-order valence-corrected chi connectivity index (χ0v) is 10.1. The first-order valence-electron chi connectivity index (χ1n) is 5.28. The van der Waals surface area contributed by atoms with Crippen molar-refractivity contribution in [3.8, 4) is 17.6 Å². The number of esters is 1. The van der Waals surface area contributed by atoms with Gasteiger partial charge in [-0.15, -0.1) is 0 Å². The number of nitrogens with zero attached hydrogens (tertiary/aromatic N) is 1. The number of aromatic hydroxyl groups is 1. The van der Waals surface area contributed by atoms with Gasteiger partial charge in [0.15, 0.2) is 0 Å². The summed E-state index contributed by atoms with van der Waals surface area (Å²) in [5.74, 6) is -0.269. The molecule has 0 unspecified atom stereocenters. The Bertz CT molecular complexity index is 514. The Morgan fingerprint density at radius 3 is 2.83 bits per heavy atom. The summed E-state index contributed by atoms with van der Waals surface area (Å²) >= 11 is 0. The Morgan fingerprint density at radius 1 is 1.56 bits per heavy atom. The summed E-state index contributed by atoms with van der Waals surface area (Å²) in [5.41, 5.74) is 0.390. The van der Waals surface area contributed by atoms with Gasteiger partial charge in [-0.2, -0.15) is 5.26 Å². The minimum Gasteiger partial charge on any atom is -0.508 e. The zero-order valence-electron chi connectivity index (χ0n) is 10.1. The molecule has 94 valence electrons. The van der Waals surface area contributed by atoms with Crippen molar-refractivity contribution in [2.45, 2.75) is 6.92 Å². The largest absolute Gasteiger partial charge is 0.508 e. The number of phenolic OH excluding ortho intramolecular Hbond substituents is 1. The average molecular weight is 247 g/mol. The average Bonchev–Trinajstić information content (AvgIpc) is 2.37. The Hall–Kier alpha value is -2.48. The monoisotopic (exact) mass is 247 g/mol. The molecule has 1 N–H and O–H groups in total. The molecule has 0 aromatic heterocycles. The summed E-state index contributed by atoms with van der Waals surface area (Å²) < 4.78 is 9.79. The smallest absolute Gasteiger partial charge is 0.348 e. The van der Waals surface area contributed by atoms with E-state index >= 15 is 0 Å². The van der Waals surface area contributed by atoms with E-state index < -0.39 is 5.97 Å². The van der Waals surface area contributed by atoms with Crippen LogP contribution in [0.1, 0.15) is 12.5 Å². The van der Waals surface area contributed by atoms with Crippen molar-refractivity contribution in [2.75, 3.05) is 13.7 Å². The highest BCUT2D eigenvalue weighted by Crippen LogP contribution is 2.26. The van der Waals surface area contributed by atoms with Gasteiger partial charge >= 0.3 is 5.97 Å². The van der Waals surface area contributed by atoms with Crippen LogP contribution in [0.25, 0.3) is 6.08 Å². The molecular formula is C13H13NO4. The Labute approximate surface area is 105 Å². The molecular weight excluding hydrogens is 234 g/mol. The van der Waals surface area contributed by atoms with E-state index in [1.165, 1.54) is 25.3 Å². The second-order valence-corrected chi connectivity index (χ2v) is 3.32. The van der Waals surface area contributed by atoms with Crippen LogP contribution in [0.3, 0.4) is 0 Å². The quantitative estimate of drug-likeness (QED) is 0.499. The van der Waals surface area contributed by atoms with Crippen molar-refractivity contribution in [1.29, 1.82) is 5.26 Å². The summed E-state index contributed by atoms with van der Waals surface area (Å²) in [6.45, 7) is 2.20. The lowest BCUT2D eigenvalue weighted by Crippen LogP contribution is -2.03. The second-order valence-electron chi connectivity index (χ2n) is 3.32. The lowest BCUT2D eigenvalue weighted by molar-refractivity contribution is -0.135. The van der Waals surface area contributed by atoms with Gasteiger partial charge in [0.05, 0.1) is 13.7 Å². The maximum absolute atomic E-state index is 11.3. The van der Waals surface area contributed by atoms with E-state index in [2.05, 4.69) is 4.74 Å². The molecule has 0 aliphatic carbocycles. The zero-order chi connectivity index (χ0) is 13.5. The SMILES string of the molecule is CCOc1cc(O)ccc1C=C(C#N)C(=O)OC. The minimum atomic E-state index is -0.715. The molecule has 18 heavy (non-hydrogen) atoms. The lowest BCUT2D eigenvalue weighted by atomic mass is 10.1. The van der Waals surface area contributed by atoms with Crippen molar-refractivity contribution in [2.24, 2.45) is 0 Å². The Kier molecular flexibility index (Phi) is 4.76. The normalized spacial score (nSPS) is 10.6. The van der Waals surface area contributed by atoms with Gasteiger partial charge in [0.1, 0.15) is 23.1 Å². The van der Waals surface area contributed by atoms with E-state index in [4.69, 9.17) is 10.00 Å². The predicted octanol–water partition coefficient (Wildman–Crippen LogP) is 1.87. The third kappa shape index (κ3) is 3.25. The molecule has 1 aromatic rings. The molecule has 0 heterocycles. The maximum atomic E-state index is 11.3. The highest BCUT2D eigenvalue weighted by Gasteiger charge is 2.11. The molecule has 5 nitrogen and oxygen atoms in total. The van der Waals surface area contributed by atoms with Crippen LogP contribution in [0.15, 0.2) is 23.8 Å². The van der Waals surface area contributed by atoms with Crippen molar-refractivity contribution in [3.63, 3.8) is 0 Å². The highest BCUT2D eigenvalue weighted by atomic mass is 16.5. The molecule has 0 aliphatic rings. The topological polar surface area (TPSA) is 79.5 Å². The lowest BCUT2D eigenvalue weighted by Gasteiger charge is -2.07. The molecule has 0 saturated carbocycles. The molecule has 0 radical (unpaired) electrons. The Balaban J connectivity index is 3.20. The number of methoxy groups -OCH3 is 1. The third-order valence-electron chi connectivity index (χ3n) is 2.12. The van der Waals surface area contributed by atoms with Gasteiger partial charge in [-0.05, 0) is 25.1 Å². The van der Waals surface area contributed by atoms with Gasteiger partial charge in [0.25, 0.3) is 0 Å². The number of carbonyl (C=O) groups excluding carboxylic acids is 1. The number of ether oxygens (including phenoxy) is 2. The fraction of sp³-hybridized carbons (Fsp3) is 0.231. The standard InChI is InChI=1S/C13H13NO4/c1-3-18-12-7-11(15)5-4-9(12)6-10(8-14)13(16)17-2/h4-7,15H,3H2,1-2H3. The highest BCUT2D eigenvalue weighted by molar-refractivity contribution is 5.98. The van der Waals surface area contributed by atoms with E-state index in [1.54, 1.807) is 19.1 Å². The number of phenols is 1. The van der Waals surface area contributed by atoms with E-state index in [-0.39, 0.29) is 11.3 Å². The van der Waals surface area contributed by atoms with Crippen molar-refractivity contribution >= 4 is 12.0 Å². The van der Waals surface area contributed by atoms with E-state index in [1.807, 2.05) is 0 Å². The molecule has 0 atom stereocenters. The molecule has 0 spiro atoms. The van der Waals surface area contributed by atoms with Crippen LogP contribution in [-0.2, 0) is 9.53 Å².